The molecule has 0 amide bonds. The molecule has 3 nitrogen and oxygen atoms in total. The topological polar surface area (TPSA) is 50.9 Å². The molecule has 5 heteroatoms. The van der Waals surface area contributed by atoms with Gasteiger partial charge in [0.15, 0.2) is 0 Å². The van der Waals surface area contributed by atoms with E-state index in [2.05, 4.69) is 10.3 Å². The van der Waals surface area contributed by atoms with Crippen molar-refractivity contribution in [3.63, 3.8) is 0 Å². The number of anilines is 2. The second-order valence-corrected chi connectivity index (χ2v) is 2.24. The third-order valence-electron chi connectivity index (χ3n) is 1.25. The maximum absolute atomic E-state index is 11.7. The number of alkyl halides is 2. The number of rotatable bonds is 3. The predicted molar refractivity (Wildman–Crippen MR) is 43.1 cm³/mol. The lowest BCUT2D eigenvalue weighted by atomic mass is 10.4. The summed E-state index contributed by atoms with van der Waals surface area (Å²) in [5, 5.41) is 2.50. The van der Waals surface area contributed by atoms with E-state index in [1.165, 1.54) is 6.20 Å². The van der Waals surface area contributed by atoms with E-state index in [-0.39, 0.29) is 6.54 Å². The van der Waals surface area contributed by atoms with Gasteiger partial charge >= 0.3 is 0 Å². The largest absolute Gasteiger partial charge is 0.384 e. The molecule has 66 valence electrons. The van der Waals surface area contributed by atoms with Gasteiger partial charge in [0, 0.05) is 0 Å². The van der Waals surface area contributed by atoms with Crippen LogP contribution in [0.4, 0.5) is 20.3 Å². The third kappa shape index (κ3) is 2.69. The molecule has 0 saturated carbocycles. The van der Waals surface area contributed by atoms with E-state index in [9.17, 15) is 8.78 Å². The van der Waals surface area contributed by atoms with Crippen LogP contribution < -0.4 is 11.1 Å². The van der Waals surface area contributed by atoms with Crippen molar-refractivity contribution in [1.29, 1.82) is 0 Å². The smallest absolute Gasteiger partial charge is 0.255 e. The van der Waals surface area contributed by atoms with Crippen LogP contribution in [0.2, 0.25) is 0 Å². The van der Waals surface area contributed by atoms with Crippen LogP contribution in [0.3, 0.4) is 0 Å². The number of hydrogen-bond acceptors (Lipinski definition) is 3. The molecule has 0 aromatic carbocycles. The van der Waals surface area contributed by atoms with Crippen LogP contribution in [0.25, 0.3) is 0 Å². The van der Waals surface area contributed by atoms with Gasteiger partial charge in [0.1, 0.15) is 5.82 Å². The molecular formula is C7H9F2N3. The molecule has 0 fully saturated rings. The molecule has 1 aromatic heterocycles. The van der Waals surface area contributed by atoms with Gasteiger partial charge in [-0.3, -0.25) is 0 Å². The number of nitrogens with two attached hydrogens (primary N) is 1. The minimum atomic E-state index is -2.36. The first-order chi connectivity index (χ1) is 5.68. The van der Waals surface area contributed by atoms with Gasteiger partial charge in [-0.25, -0.2) is 13.8 Å². The standard InChI is InChI=1S/C7H9F2N3/c8-6(9)4-11-5-1-2-7(10)12-3-5/h1-3,6,11H,4H2,(H2,10,12). The van der Waals surface area contributed by atoms with E-state index in [4.69, 9.17) is 5.73 Å². The number of halogens is 2. The van der Waals surface area contributed by atoms with Gasteiger partial charge in [-0.05, 0) is 12.1 Å². The van der Waals surface area contributed by atoms with E-state index in [1.807, 2.05) is 0 Å². The van der Waals surface area contributed by atoms with E-state index in [0.717, 1.165) is 0 Å². The molecule has 0 saturated heterocycles. The van der Waals surface area contributed by atoms with E-state index >= 15 is 0 Å². The summed E-state index contributed by atoms with van der Waals surface area (Å²) in [6, 6.07) is 3.15. The average Bonchev–Trinajstić information content (AvgIpc) is 2.03. The van der Waals surface area contributed by atoms with Crippen LogP contribution in [0.15, 0.2) is 18.3 Å². The molecule has 0 unspecified atom stereocenters. The van der Waals surface area contributed by atoms with Crippen molar-refractivity contribution in [3.8, 4) is 0 Å². The van der Waals surface area contributed by atoms with Gasteiger partial charge in [-0.1, -0.05) is 0 Å². The Morgan fingerprint density at radius 1 is 1.50 bits per heavy atom. The molecule has 0 aliphatic rings. The van der Waals surface area contributed by atoms with Gasteiger partial charge in [0.25, 0.3) is 6.43 Å². The molecular weight excluding hydrogens is 164 g/mol. The van der Waals surface area contributed by atoms with Crippen molar-refractivity contribution < 1.29 is 8.78 Å². The number of aromatic nitrogens is 1. The Labute approximate surface area is 68.6 Å². The summed E-state index contributed by atoms with van der Waals surface area (Å²) in [4.78, 5) is 3.73. The number of nitrogens with one attached hydrogen (secondary N) is 1. The average molecular weight is 173 g/mol. The SMILES string of the molecule is Nc1ccc(NCC(F)F)cn1. The van der Waals surface area contributed by atoms with Crippen LogP contribution in [0, 0.1) is 0 Å². The van der Waals surface area contributed by atoms with Crippen molar-refractivity contribution in [2.24, 2.45) is 0 Å². The monoisotopic (exact) mass is 173 g/mol. The van der Waals surface area contributed by atoms with Gasteiger partial charge in [-0.2, -0.15) is 0 Å². The van der Waals surface area contributed by atoms with Gasteiger partial charge in [-0.15, -0.1) is 0 Å². The zero-order valence-electron chi connectivity index (χ0n) is 6.30. The second-order valence-electron chi connectivity index (χ2n) is 2.24. The zero-order valence-corrected chi connectivity index (χ0v) is 6.30. The number of pyridine rings is 1. The summed E-state index contributed by atoms with van der Waals surface area (Å²) in [5.41, 5.74) is 5.84. The highest BCUT2D eigenvalue weighted by Crippen LogP contribution is 2.07. The van der Waals surface area contributed by atoms with Gasteiger partial charge in [0.05, 0.1) is 18.4 Å². The summed E-state index contributed by atoms with van der Waals surface area (Å²) in [6.45, 7) is -0.369. The molecule has 0 aliphatic carbocycles. The van der Waals surface area contributed by atoms with Crippen LogP contribution in [-0.2, 0) is 0 Å². The number of nitrogen functional groups attached to an aromatic ring is 1. The summed E-state index contributed by atoms with van der Waals surface area (Å²) >= 11 is 0. The highest BCUT2D eigenvalue weighted by Gasteiger charge is 2.00. The summed E-state index contributed by atoms with van der Waals surface area (Å²) in [6.07, 6.45) is -0.944. The van der Waals surface area contributed by atoms with Crippen molar-refractivity contribution >= 4 is 11.5 Å². The highest BCUT2D eigenvalue weighted by atomic mass is 19.3. The maximum Gasteiger partial charge on any atom is 0.255 e. The fraction of sp³-hybridized carbons (Fsp3) is 0.286. The Morgan fingerprint density at radius 3 is 2.75 bits per heavy atom. The Morgan fingerprint density at radius 2 is 2.25 bits per heavy atom. The molecule has 3 N–H and O–H groups in total. The summed E-state index contributed by atoms with van der Waals surface area (Å²) in [5.74, 6) is 0.373. The zero-order chi connectivity index (χ0) is 8.97. The van der Waals surface area contributed by atoms with Crippen molar-refractivity contribution in [1.82, 2.24) is 4.98 Å². The van der Waals surface area contributed by atoms with Gasteiger partial charge in [0.2, 0.25) is 0 Å². The summed E-state index contributed by atoms with van der Waals surface area (Å²) < 4.78 is 23.4. The minimum Gasteiger partial charge on any atom is -0.384 e. The minimum absolute atomic E-state index is 0.369. The fourth-order valence-electron chi connectivity index (χ4n) is 0.705. The first-order valence-corrected chi connectivity index (χ1v) is 3.42. The Balaban J connectivity index is 2.48. The Bertz CT molecular complexity index is 235. The van der Waals surface area contributed by atoms with Crippen molar-refractivity contribution in [2.45, 2.75) is 6.43 Å². The summed E-state index contributed by atoms with van der Waals surface area (Å²) in [7, 11) is 0. The molecule has 1 heterocycles. The fourth-order valence-corrected chi connectivity index (χ4v) is 0.705. The third-order valence-corrected chi connectivity index (χ3v) is 1.25. The number of nitrogens with zero attached hydrogens (tertiary/aromatic N) is 1. The quantitative estimate of drug-likeness (QED) is 0.725. The van der Waals surface area contributed by atoms with Crippen LogP contribution in [0.5, 0.6) is 0 Å². The van der Waals surface area contributed by atoms with E-state index in [0.29, 0.717) is 11.5 Å². The Kier molecular flexibility index (Phi) is 2.79. The lowest BCUT2D eigenvalue weighted by molar-refractivity contribution is 0.163. The second kappa shape index (κ2) is 3.85. The predicted octanol–water partition coefficient (Wildman–Crippen LogP) is 1.34. The van der Waals surface area contributed by atoms with Crippen LogP contribution >= 0.6 is 0 Å². The molecule has 0 radical (unpaired) electrons. The first-order valence-electron chi connectivity index (χ1n) is 3.42. The maximum atomic E-state index is 11.7. The molecule has 1 aromatic rings. The molecule has 0 atom stereocenters. The van der Waals surface area contributed by atoms with Crippen molar-refractivity contribution in [3.05, 3.63) is 18.3 Å². The highest BCUT2D eigenvalue weighted by molar-refractivity contribution is 5.45. The van der Waals surface area contributed by atoms with E-state index < -0.39 is 6.43 Å². The normalized spacial score (nSPS) is 10.2. The van der Waals surface area contributed by atoms with Gasteiger partial charge < -0.3 is 11.1 Å². The molecule has 0 spiro atoms. The van der Waals surface area contributed by atoms with Crippen molar-refractivity contribution in [2.75, 3.05) is 17.6 Å². The van der Waals surface area contributed by atoms with E-state index in [1.54, 1.807) is 12.1 Å². The molecule has 12 heavy (non-hydrogen) atoms. The van der Waals surface area contributed by atoms with Crippen LogP contribution in [-0.4, -0.2) is 18.0 Å². The molecule has 0 bridgehead atoms. The lowest BCUT2D eigenvalue weighted by Gasteiger charge is -2.04. The first kappa shape index (κ1) is 8.70. The lowest BCUT2D eigenvalue weighted by Crippen LogP contribution is -2.10. The Hall–Kier alpha value is -1.39. The van der Waals surface area contributed by atoms with Crippen LogP contribution in [0.1, 0.15) is 0 Å². The molecule has 1 rings (SSSR count). The number of hydrogen-bond donors (Lipinski definition) is 2. The molecule has 0 aliphatic heterocycles.